The van der Waals surface area contributed by atoms with Gasteiger partial charge in [0.2, 0.25) is 5.91 Å². The molecule has 1 atom stereocenters. The van der Waals surface area contributed by atoms with Gasteiger partial charge in [0.25, 0.3) is 0 Å². The Morgan fingerprint density at radius 2 is 1.70 bits per heavy atom. The molecule has 1 unspecified atom stereocenters. The van der Waals surface area contributed by atoms with E-state index in [1.807, 2.05) is 70.2 Å². The number of amides is 3. The van der Waals surface area contributed by atoms with E-state index in [0.717, 1.165) is 28.9 Å². The van der Waals surface area contributed by atoms with Crippen LogP contribution in [0.3, 0.4) is 0 Å². The predicted molar refractivity (Wildman–Crippen MR) is 109 cm³/mol. The number of benzene rings is 2. The topological polar surface area (TPSA) is 61.4 Å². The lowest BCUT2D eigenvalue weighted by molar-refractivity contribution is -0.121. The van der Waals surface area contributed by atoms with E-state index in [0.29, 0.717) is 6.54 Å². The summed E-state index contributed by atoms with van der Waals surface area (Å²) in [5.74, 6) is -0.0826. The van der Waals surface area contributed by atoms with Gasteiger partial charge in [-0.05, 0) is 61.1 Å². The number of para-hydroxylation sites is 1. The van der Waals surface area contributed by atoms with Crippen molar-refractivity contribution in [2.24, 2.45) is 5.92 Å². The zero-order valence-electron chi connectivity index (χ0n) is 16.4. The number of hydrogen-bond donors (Lipinski definition) is 2. The lowest BCUT2D eigenvalue weighted by Gasteiger charge is -2.27. The van der Waals surface area contributed by atoms with E-state index in [-0.39, 0.29) is 17.9 Å². The number of rotatable bonds is 4. The number of hydrogen-bond acceptors (Lipinski definition) is 2. The fourth-order valence-electron chi connectivity index (χ4n) is 3.60. The van der Waals surface area contributed by atoms with E-state index in [1.54, 1.807) is 4.90 Å². The van der Waals surface area contributed by atoms with Gasteiger partial charge in [0.15, 0.2) is 0 Å². The molecule has 0 bridgehead atoms. The number of anilines is 2. The van der Waals surface area contributed by atoms with Gasteiger partial charge < -0.3 is 15.5 Å². The minimum absolute atomic E-state index is 0.0183. The first-order valence-corrected chi connectivity index (χ1v) is 9.40. The fraction of sp³-hybridized carbons (Fsp3) is 0.364. The van der Waals surface area contributed by atoms with Gasteiger partial charge in [0, 0.05) is 17.9 Å². The molecule has 0 saturated heterocycles. The van der Waals surface area contributed by atoms with Crippen LogP contribution in [0.5, 0.6) is 0 Å². The maximum absolute atomic E-state index is 13.1. The van der Waals surface area contributed by atoms with Crippen molar-refractivity contribution >= 4 is 23.3 Å². The molecule has 5 heteroatoms. The van der Waals surface area contributed by atoms with Crippen LogP contribution in [0.1, 0.15) is 30.5 Å². The Morgan fingerprint density at radius 1 is 1.04 bits per heavy atom. The number of nitrogens with zero attached hydrogens (tertiary/aromatic N) is 1. The molecule has 1 heterocycles. The molecular formula is C22H27N3O2. The number of urea groups is 1. The average Bonchev–Trinajstić information content (AvgIpc) is 3.02. The zero-order valence-corrected chi connectivity index (χ0v) is 16.4. The Hall–Kier alpha value is -2.82. The highest BCUT2D eigenvalue weighted by Crippen LogP contribution is 2.28. The molecular weight excluding hydrogens is 338 g/mol. The summed E-state index contributed by atoms with van der Waals surface area (Å²) in [6.07, 6.45) is 0.849. The SMILES string of the molecule is Cc1cc(C)cc(NC(=O)NC(C(=O)N2CCc3ccccc32)C(C)C)c1. The van der Waals surface area contributed by atoms with Crippen molar-refractivity contribution in [2.75, 3.05) is 16.8 Å². The second kappa shape index (κ2) is 7.82. The maximum Gasteiger partial charge on any atom is 0.319 e. The molecule has 142 valence electrons. The molecule has 3 rings (SSSR count). The highest BCUT2D eigenvalue weighted by molar-refractivity contribution is 6.02. The van der Waals surface area contributed by atoms with Crippen molar-refractivity contribution in [3.63, 3.8) is 0 Å². The lowest BCUT2D eigenvalue weighted by Crippen LogP contribution is -2.52. The summed E-state index contributed by atoms with van der Waals surface area (Å²) in [5, 5.41) is 5.72. The molecule has 27 heavy (non-hydrogen) atoms. The molecule has 0 spiro atoms. The summed E-state index contributed by atoms with van der Waals surface area (Å²) in [6.45, 7) is 8.52. The molecule has 0 aromatic heterocycles. The van der Waals surface area contributed by atoms with Crippen molar-refractivity contribution in [2.45, 2.75) is 40.2 Å². The first kappa shape index (κ1) is 19.0. The lowest BCUT2D eigenvalue weighted by atomic mass is 10.0. The number of fused-ring (bicyclic) bond motifs is 1. The molecule has 1 aliphatic rings. The number of aryl methyl sites for hydroxylation is 2. The third-order valence-corrected chi connectivity index (χ3v) is 4.85. The maximum atomic E-state index is 13.1. The summed E-state index contributed by atoms with van der Waals surface area (Å²) in [6, 6.07) is 12.9. The van der Waals surface area contributed by atoms with Gasteiger partial charge in [-0.1, -0.05) is 38.1 Å². The molecule has 0 aliphatic carbocycles. The first-order chi connectivity index (χ1) is 12.8. The quantitative estimate of drug-likeness (QED) is 0.859. The Morgan fingerprint density at radius 3 is 2.37 bits per heavy atom. The summed E-state index contributed by atoms with van der Waals surface area (Å²) >= 11 is 0. The van der Waals surface area contributed by atoms with Crippen LogP contribution in [0.2, 0.25) is 0 Å². The standard InChI is InChI=1S/C22H27N3O2/c1-14(2)20(21(26)25-10-9-17-7-5-6-8-19(17)25)24-22(27)23-18-12-15(3)11-16(4)13-18/h5-8,11-14,20H,9-10H2,1-4H3,(H2,23,24,27). The molecule has 0 saturated carbocycles. The second-order valence-corrected chi connectivity index (χ2v) is 7.57. The van der Waals surface area contributed by atoms with Crippen molar-refractivity contribution in [3.05, 3.63) is 59.2 Å². The third-order valence-electron chi connectivity index (χ3n) is 4.85. The van der Waals surface area contributed by atoms with Crippen molar-refractivity contribution in [3.8, 4) is 0 Å². The molecule has 0 fully saturated rings. The van der Waals surface area contributed by atoms with Crippen LogP contribution in [0, 0.1) is 19.8 Å². The Kier molecular flexibility index (Phi) is 5.49. The van der Waals surface area contributed by atoms with Crippen LogP contribution in [-0.4, -0.2) is 24.5 Å². The van der Waals surface area contributed by atoms with Gasteiger partial charge >= 0.3 is 6.03 Å². The number of carbonyl (C=O) groups is 2. The van der Waals surface area contributed by atoms with Crippen LogP contribution >= 0.6 is 0 Å². The summed E-state index contributed by atoms with van der Waals surface area (Å²) in [4.78, 5) is 27.4. The minimum atomic E-state index is -0.581. The average molecular weight is 365 g/mol. The van der Waals surface area contributed by atoms with Crippen molar-refractivity contribution < 1.29 is 9.59 Å². The molecule has 0 radical (unpaired) electrons. The highest BCUT2D eigenvalue weighted by atomic mass is 16.2. The smallest absolute Gasteiger partial charge is 0.319 e. The molecule has 2 N–H and O–H groups in total. The van der Waals surface area contributed by atoms with E-state index in [9.17, 15) is 9.59 Å². The minimum Gasteiger partial charge on any atom is -0.326 e. The molecule has 5 nitrogen and oxygen atoms in total. The van der Waals surface area contributed by atoms with E-state index in [4.69, 9.17) is 0 Å². The fourth-order valence-corrected chi connectivity index (χ4v) is 3.60. The summed E-state index contributed by atoms with van der Waals surface area (Å²) in [5.41, 5.74) is 5.01. The largest absolute Gasteiger partial charge is 0.326 e. The number of nitrogens with one attached hydrogen (secondary N) is 2. The van der Waals surface area contributed by atoms with Crippen LogP contribution in [-0.2, 0) is 11.2 Å². The van der Waals surface area contributed by atoms with Gasteiger partial charge in [-0.25, -0.2) is 4.79 Å². The molecule has 2 aromatic carbocycles. The molecule has 2 aromatic rings. The van der Waals surface area contributed by atoms with E-state index >= 15 is 0 Å². The molecule has 1 aliphatic heterocycles. The van der Waals surface area contributed by atoms with Crippen LogP contribution in [0.4, 0.5) is 16.2 Å². The van der Waals surface area contributed by atoms with Gasteiger partial charge in [0.05, 0.1) is 0 Å². The second-order valence-electron chi connectivity index (χ2n) is 7.57. The van der Waals surface area contributed by atoms with E-state index in [2.05, 4.69) is 10.6 Å². The predicted octanol–water partition coefficient (Wildman–Crippen LogP) is 4.04. The highest BCUT2D eigenvalue weighted by Gasteiger charge is 2.32. The third kappa shape index (κ3) is 4.30. The Balaban J connectivity index is 1.72. The van der Waals surface area contributed by atoms with Gasteiger partial charge in [-0.2, -0.15) is 0 Å². The van der Waals surface area contributed by atoms with Gasteiger partial charge in [-0.3, -0.25) is 4.79 Å². The Bertz CT molecular complexity index is 840. The number of carbonyl (C=O) groups excluding carboxylic acids is 2. The summed E-state index contributed by atoms with van der Waals surface area (Å²) in [7, 11) is 0. The molecule has 3 amide bonds. The normalized spacial score (nSPS) is 14.0. The summed E-state index contributed by atoms with van der Waals surface area (Å²) < 4.78 is 0. The monoisotopic (exact) mass is 365 g/mol. The van der Waals surface area contributed by atoms with Crippen molar-refractivity contribution in [1.82, 2.24) is 5.32 Å². The van der Waals surface area contributed by atoms with E-state index < -0.39 is 6.04 Å². The Labute approximate surface area is 160 Å². The van der Waals surface area contributed by atoms with Gasteiger partial charge in [0.1, 0.15) is 6.04 Å². The zero-order chi connectivity index (χ0) is 19.6. The van der Waals surface area contributed by atoms with Crippen LogP contribution in [0.15, 0.2) is 42.5 Å². The van der Waals surface area contributed by atoms with Gasteiger partial charge in [-0.15, -0.1) is 0 Å². The van der Waals surface area contributed by atoms with E-state index in [1.165, 1.54) is 5.56 Å². The van der Waals surface area contributed by atoms with Crippen LogP contribution in [0.25, 0.3) is 0 Å². The first-order valence-electron chi connectivity index (χ1n) is 9.40. The van der Waals surface area contributed by atoms with Crippen LogP contribution < -0.4 is 15.5 Å². The van der Waals surface area contributed by atoms with Crippen molar-refractivity contribution in [1.29, 1.82) is 0 Å².